The minimum atomic E-state index is -0.0117. The van der Waals surface area contributed by atoms with E-state index >= 15 is 0 Å². The van der Waals surface area contributed by atoms with Crippen LogP contribution in [0.2, 0.25) is 0 Å². The highest BCUT2D eigenvalue weighted by Gasteiger charge is 2.27. The second-order valence-electron chi connectivity index (χ2n) is 6.50. The molecule has 132 valence electrons. The van der Waals surface area contributed by atoms with Crippen LogP contribution in [0, 0.1) is 19.8 Å². The Bertz CT molecular complexity index is 578. The zero-order chi connectivity index (χ0) is 17.5. The fourth-order valence-electron chi connectivity index (χ4n) is 2.98. The van der Waals surface area contributed by atoms with Crippen molar-refractivity contribution in [3.8, 4) is 5.75 Å². The normalized spacial score (nSPS) is 15.2. The molecule has 0 aromatic heterocycles. The van der Waals surface area contributed by atoms with Crippen molar-refractivity contribution < 1.29 is 14.3 Å². The fraction of sp³-hybridized carbons (Fsp3) is 0.579. The van der Waals surface area contributed by atoms with E-state index in [1.165, 1.54) is 5.56 Å². The molecule has 1 aliphatic heterocycles. The summed E-state index contributed by atoms with van der Waals surface area (Å²) in [6.07, 6.45) is 2.40. The van der Waals surface area contributed by atoms with E-state index in [-0.39, 0.29) is 24.3 Å². The first kappa shape index (κ1) is 18.3. The smallest absolute Gasteiger partial charge is 0.260 e. The molecule has 2 amide bonds. The molecule has 1 aromatic carbocycles. The zero-order valence-corrected chi connectivity index (χ0v) is 14.9. The number of nitrogens with zero attached hydrogens (tertiary/aromatic N) is 1. The van der Waals surface area contributed by atoms with E-state index in [1.807, 2.05) is 39.0 Å². The Morgan fingerprint density at radius 3 is 2.58 bits per heavy atom. The molecule has 2 rings (SSSR count). The number of benzene rings is 1. The second kappa shape index (κ2) is 8.71. The minimum absolute atomic E-state index is 0.0117. The molecule has 5 nitrogen and oxygen atoms in total. The van der Waals surface area contributed by atoms with Gasteiger partial charge in [0.2, 0.25) is 5.91 Å². The number of rotatable bonds is 6. The van der Waals surface area contributed by atoms with E-state index in [1.54, 1.807) is 4.90 Å². The highest BCUT2D eigenvalue weighted by atomic mass is 16.5. The Morgan fingerprint density at radius 2 is 1.96 bits per heavy atom. The van der Waals surface area contributed by atoms with Crippen molar-refractivity contribution in [1.29, 1.82) is 0 Å². The summed E-state index contributed by atoms with van der Waals surface area (Å²) in [6.45, 7) is 8.07. The molecule has 0 atom stereocenters. The fourth-order valence-corrected chi connectivity index (χ4v) is 2.98. The summed E-state index contributed by atoms with van der Waals surface area (Å²) in [6, 6.07) is 5.93. The number of carbonyl (C=O) groups excluding carboxylic acids is 2. The third-order valence-electron chi connectivity index (χ3n) is 4.45. The van der Waals surface area contributed by atoms with Gasteiger partial charge in [0.05, 0.1) is 0 Å². The molecule has 1 N–H and O–H groups in total. The van der Waals surface area contributed by atoms with Gasteiger partial charge in [-0.2, -0.15) is 0 Å². The van der Waals surface area contributed by atoms with Gasteiger partial charge >= 0.3 is 0 Å². The van der Waals surface area contributed by atoms with Gasteiger partial charge in [-0.25, -0.2) is 0 Å². The average Bonchev–Trinajstić information content (AvgIpc) is 2.58. The van der Waals surface area contributed by atoms with Crippen molar-refractivity contribution in [3.63, 3.8) is 0 Å². The molecule has 1 aliphatic rings. The van der Waals surface area contributed by atoms with Crippen LogP contribution < -0.4 is 10.1 Å². The number of piperidine rings is 1. The molecule has 1 heterocycles. The van der Waals surface area contributed by atoms with Gasteiger partial charge in [-0.1, -0.05) is 24.6 Å². The number of aryl methyl sites for hydroxylation is 2. The molecular formula is C19H28N2O3. The van der Waals surface area contributed by atoms with Gasteiger partial charge in [-0.05, 0) is 44.7 Å². The zero-order valence-electron chi connectivity index (χ0n) is 14.9. The Kier molecular flexibility index (Phi) is 6.64. The van der Waals surface area contributed by atoms with Crippen LogP contribution in [0.25, 0.3) is 0 Å². The SMILES string of the molecule is CCCNC(=O)C1CCN(C(=O)COc2ccc(C)cc2C)CC1. The van der Waals surface area contributed by atoms with Crippen LogP contribution in [0.5, 0.6) is 5.75 Å². The first-order valence-corrected chi connectivity index (χ1v) is 8.76. The maximum atomic E-state index is 12.3. The standard InChI is InChI=1S/C19H28N2O3/c1-4-9-20-19(23)16-7-10-21(11-8-16)18(22)13-24-17-6-5-14(2)12-15(17)3/h5-6,12,16H,4,7-11,13H2,1-3H3,(H,20,23). The lowest BCUT2D eigenvalue weighted by atomic mass is 9.96. The number of ether oxygens (including phenoxy) is 1. The molecule has 1 saturated heterocycles. The van der Waals surface area contributed by atoms with Gasteiger partial charge in [0, 0.05) is 25.6 Å². The predicted octanol–water partition coefficient (Wildman–Crippen LogP) is 2.45. The summed E-state index contributed by atoms with van der Waals surface area (Å²) in [5.41, 5.74) is 2.21. The van der Waals surface area contributed by atoms with Crippen molar-refractivity contribution in [2.24, 2.45) is 5.92 Å². The Morgan fingerprint density at radius 1 is 1.25 bits per heavy atom. The summed E-state index contributed by atoms with van der Waals surface area (Å²) in [5, 5.41) is 2.94. The molecule has 0 bridgehead atoms. The Labute approximate surface area is 144 Å². The summed E-state index contributed by atoms with van der Waals surface area (Å²) in [4.78, 5) is 26.1. The average molecular weight is 332 g/mol. The molecule has 1 aromatic rings. The summed E-state index contributed by atoms with van der Waals surface area (Å²) in [5.74, 6) is 0.890. The summed E-state index contributed by atoms with van der Waals surface area (Å²) >= 11 is 0. The van der Waals surface area contributed by atoms with Crippen molar-refractivity contribution in [2.75, 3.05) is 26.2 Å². The molecule has 0 radical (unpaired) electrons. The monoisotopic (exact) mass is 332 g/mol. The van der Waals surface area contributed by atoms with E-state index in [9.17, 15) is 9.59 Å². The predicted molar refractivity (Wildman–Crippen MR) is 94.0 cm³/mol. The lowest BCUT2D eigenvalue weighted by molar-refractivity contribution is -0.137. The van der Waals surface area contributed by atoms with Crippen LogP contribution >= 0.6 is 0 Å². The lowest BCUT2D eigenvalue weighted by Crippen LogP contribution is -2.44. The Hall–Kier alpha value is -2.04. The number of carbonyl (C=O) groups is 2. The van der Waals surface area contributed by atoms with Gasteiger partial charge in [0.15, 0.2) is 6.61 Å². The van der Waals surface area contributed by atoms with Crippen LogP contribution in [-0.4, -0.2) is 43.0 Å². The van der Waals surface area contributed by atoms with Crippen LogP contribution in [0.3, 0.4) is 0 Å². The molecule has 0 aliphatic carbocycles. The van der Waals surface area contributed by atoms with Crippen LogP contribution in [-0.2, 0) is 9.59 Å². The van der Waals surface area contributed by atoms with Crippen LogP contribution in [0.1, 0.15) is 37.3 Å². The second-order valence-corrected chi connectivity index (χ2v) is 6.50. The highest BCUT2D eigenvalue weighted by Crippen LogP contribution is 2.20. The molecular weight excluding hydrogens is 304 g/mol. The molecule has 24 heavy (non-hydrogen) atoms. The van der Waals surface area contributed by atoms with Crippen molar-refractivity contribution in [2.45, 2.75) is 40.0 Å². The lowest BCUT2D eigenvalue weighted by Gasteiger charge is -2.31. The van der Waals surface area contributed by atoms with E-state index in [4.69, 9.17) is 4.74 Å². The Balaban J connectivity index is 1.77. The summed E-state index contributed by atoms with van der Waals surface area (Å²) in [7, 11) is 0. The minimum Gasteiger partial charge on any atom is -0.484 e. The maximum absolute atomic E-state index is 12.3. The van der Waals surface area contributed by atoms with Gasteiger partial charge in [0.25, 0.3) is 5.91 Å². The topological polar surface area (TPSA) is 58.6 Å². The summed E-state index contributed by atoms with van der Waals surface area (Å²) < 4.78 is 5.66. The van der Waals surface area contributed by atoms with Crippen molar-refractivity contribution >= 4 is 11.8 Å². The van der Waals surface area contributed by atoms with Crippen molar-refractivity contribution in [3.05, 3.63) is 29.3 Å². The van der Waals surface area contributed by atoms with E-state index in [2.05, 4.69) is 5.32 Å². The largest absolute Gasteiger partial charge is 0.484 e. The van der Waals surface area contributed by atoms with E-state index in [0.717, 1.165) is 37.1 Å². The molecule has 0 unspecified atom stereocenters. The quantitative estimate of drug-likeness (QED) is 0.870. The maximum Gasteiger partial charge on any atom is 0.260 e. The number of hydrogen-bond donors (Lipinski definition) is 1. The highest BCUT2D eigenvalue weighted by molar-refractivity contribution is 5.80. The van der Waals surface area contributed by atoms with E-state index in [0.29, 0.717) is 13.1 Å². The third kappa shape index (κ3) is 4.98. The van der Waals surface area contributed by atoms with Crippen LogP contribution in [0.15, 0.2) is 18.2 Å². The third-order valence-corrected chi connectivity index (χ3v) is 4.45. The first-order valence-electron chi connectivity index (χ1n) is 8.76. The first-order chi connectivity index (χ1) is 11.5. The number of nitrogens with one attached hydrogen (secondary N) is 1. The van der Waals surface area contributed by atoms with E-state index < -0.39 is 0 Å². The number of amides is 2. The number of likely N-dealkylation sites (tertiary alicyclic amines) is 1. The van der Waals surface area contributed by atoms with Gasteiger partial charge in [-0.15, -0.1) is 0 Å². The molecule has 5 heteroatoms. The number of hydrogen-bond acceptors (Lipinski definition) is 3. The van der Waals surface area contributed by atoms with Gasteiger partial charge < -0.3 is 15.0 Å². The van der Waals surface area contributed by atoms with Gasteiger partial charge in [0.1, 0.15) is 5.75 Å². The van der Waals surface area contributed by atoms with Crippen LogP contribution in [0.4, 0.5) is 0 Å². The molecule has 0 spiro atoms. The van der Waals surface area contributed by atoms with Gasteiger partial charge in [-0.3, -0.25) is 9.59 Å². The molecule has 1 fully saturated rings. The van der Waals surface area contributed by atoms with Crippen molar-refractivity contribution in [1.82, 2.24) is 10.2 Å². The molecule has 0 saturated carbocycles.